The number of non-ortho nitro benzene ring substituents is 1. The van der Waals surface area contributed by atoms with E-state index in [4.69, 9.17) is 4.99 Å². The summed E-state index contributed by atoms with van der Waals surface area (Å²) in [5.74, 6) is -1.03. The number of anilines is 1. The van der Waals surface area contributed by atoms with Gasteiger partial charge in [-0.25, -0.2) is 4.98 Å². The largest absolute Gasteiger partial charge is 0.345 e. The first kappa shape index (κ1) is 21.0. The number of carbonyl (C=O) groups is 1. The van der Waals surface area contributed by atoms with Gasteiger partial charge in [-0.3, -0.25) is 19.9 Å². The first-order valence-electron chi connectivity index (χ1n) is 10.6. The molecule has 5 rings (SSSR count). The number of hydrogen-bond donors (Lipinski definition) is 2. The summed E-state index contributed by atoms with van der Waals surface area (Å²) in [7, 11) is 0. The molecule has 0 aliphatic carbocycles. The maximum Gasteiger partial charge on any atom is 0.269 e. The number of nitro benzene ring substituents is 1. The summed E-state index contributed by atoms with van der Waals surface area (Å²) in [5.41, 5.74) is 4.88. The summed E-state index contributed by atoms with van der Waals surface area (Å²) >= 11 is 0. The zero-order chi connectivity index (χ0) is 23.5. The predicted octanol–water partition coefficient (Wildman–Crippen LogP) is 5.35. The molecule has 1 amide bonds. The molecule has 0 radical (unpaired) electrons. The minimum atomic E-state index is -0.766. The Balaban J connectivity index is 1.54. The Bertz CT molecular complexity index is 1410. The van der Waals surface area contributed by atoms with Gasteiger partial charge in [0.05, 0.1) is 34.5 Å². The number of amides is 1. The number of aliphatic imine (C=N–C) groups is 1. The van der Waals surface area contributed by atoms with E-state index in [1.165, 1.54) is 12.1 Å². The second-order valence-corrected chi connectivity index (χ2v) is 7.75. The van der Waals surface area contributed by atoms with Crippen LogP contribution in [0.15, 0.2) is 90.3 Å². The van der Waals surface area contributed by atoms with Crippen LogP contribution in [0.4, 0.5) is 17.1 Å². The molecule has 34 heavy (non-hydrogen) atoms. The predicted molar refractivity (Wildman–Crippen MR) is 131 cm³/mol. The number of aromatic amines is 1. The van der Waals surface area contributed by atoms with Crippen molar-refractivity contribution >= 4 is 40.8 Å². The highest BCUT2D eigenvalue weighted by atomic mass is 16.6. The topological polar surface area (TPSA) is 113 Å². The Hall–Kier alpha value is -4.85. The number of imidazole rings is 1. The first-order valence-corrected chi connectivity index (χ1v) is 10.6. The molecule has 1 aliphatic heterocycles. The van der Waals surface area contributed by atoms with Gasteiger partial charge in [-0.2, -0.15) is 0 Å². The lowest BCUT2D eigenvalue weighted by Gasteiger charge is -2.14. The molecule has 0 fully saturated rings. The fourth-order valence-electron chi connectivity index (χ4n) is 3.88. The molecule has 2 N–H and O–H groups in total. The van der Waals surface area contributed by atoms with Gasteiger partial charge in [-0.1, -0.05) is 48.5 Å². The molecule has 4 aromatic rings. The Morgan fingerprint density at radius 3 is 2.53 bits per heavy atom. The number of nitro groups is 1. The van der Waals surface area contributed by atoms with Gasteiger partial charge in [-0.15, -0.1) is 0 Å². The van der Waals surface area contributed by atoms with E-state index in [-0.39, 0.29) is 11.6 Å². The van der Waals surface area contributed by atoms with Crippen LogP contribution in [0.25, 0.3) is 12.2 Å². The number of hydrogen-bond acceptors (Lipinski definition) is 5. The minimum Gasteiger partial charge on any atom is -0.345 e. The van der Waals surface area contributed by atoms with Gasteiger partial charge in [0.25, 0.3) is 5.69 Å². The van der Waals surface area contributed by atoms with Crippen molar-refractivity contribution in [1.82, 2.24) is 9.97 Å². The fourth-order valence-corrected chi connectivity index (χ4v) is 3.88. The standard InChI is InChI=1S/C26H19N5O3/c32-26-24(22-14-21(31(33)34)12-13-23(22)30-26)25(18-4-2-1-3-5-18)29-19-9-6-17(7-10-19)8-11-20-15-27-16-28-20/h1-16,24H,(H,27,28)(H,30,32). The van der Waals surface area contributed by atoms with Crippen LogP contribution in [0, 0.1) is 10.1 Å². The van der Waals surface area contributed by atoms with Crippen molar-refractivity contribution in [1.29, 1.82) is 0 Å². The summed E-state index contributed by atoms with van der Waals surface area (Å²) in [5, 5.41) is 14.2. The van der Waals surface area contributed by atoms with Gasteiger partial charge in [0.1, 0.15) is 5.92 Å². The third-order valence-corrected chi connectivity index (χ3v) is 5.54. The molecule has 1 unspecified atom stereocenters. The quantitative estimate of drug-likeness (QED) is 0.235. The van der Waals surface area contributed by atoms with Crippen LogP contribution in [0.5, 0.6) is 0 Å². The molecule has 8 heteroatoms. The van der Waals surface area contributed by atoms with Crippen LogP contribution in [-0.4, -0.2) is 26.5 Å². The van der Waals surface area contributed by atoms with E-state index in [1.807, 2.05) is 66.7 Å². The molecule has 3 aromatic carbocycles. The maximum absolute atomic E-state index is 13.0. The lowest BCUT2D eigenvalue weighted by molar-refractivity contribution is -0.384. The highest BCUT2D eigenvalue weighted by molar-refractivity contribution is 6.24. The van der Waals surface area contributed by atoms with Crippen molar-refractivity contribution in [3.05, 3.63) is 118 Å². The molecule has 0 spiro atoms. The number of H-pyrrole nitrogens is 1. The molecule has 0 saturated heterocycles. The van der Waals surface area contributed by atoms with Crippen molar-refractivity contribution in [3.8, 4) is 0 Å². The molecular weight excluding hydrogens is 430 g/mol. The first-order chi connectivity index (χ1) is 16.6. The van der Waals surface area contributed by atoms with Gasteiger partial charge in [-0.05, 0) is 35.4 Å². The van der Waals surface area contributed by atoms with Crippen LogP contribution in [0.2, 0.25) is 0 Å². The van der Waals surface area contributed by atoms with Crippen LogP contribution in [-0.2, 0) is 4.79 Å². The van der Waals surface area contributed by atoms with E-state index in [9.17, 15) is 14.9 Å². The SMILES string of the molecule is O=C1Nc2ccc([N+](=O)[O-])cc2C1C(=Nc1ccc(C=Cc2cnc[nH]2)cc1)c1ccccc1. The molecule has 1 aromatic heterocycles. The highest BCUT2D eigenvalue weighted by Crippen LogP contribution is 2.38. The van der Waals surface area contributed by atoms with Gasteiger partial charge < -0.3 is 10.3 Å². The number of fused-ring (bicyclic) bond motifs is 1. The molecule has 8 nitrogen and oxygen atoms in total. The average Bonchev–Trinajstić information content (AvgIpc) is 3.49. The fraction of sp³-hybridized carbons (Fsp3) is 0.0385. The minimum absolute atomic E-state index is 0.0685. The van der Waals surface area contributed by atoms with Crippen LogP contribution < -0.4 is 5.32 Å². The molecule has 0 saturated carbocycles. The van der Waals surface area contributed by atoms with Gasteiger partial charge >= 0.3 is 0 Å². The Labute approximate surface area is 194 Å². The zero-order valence-corrected chi connectivity index (χ0v) is 17.9. The highest BCUT2D eigenvalue weighted by Gasteiger charge is 2.36. The zero-order valence-electron chi connectivity index (χ0n) is 17.9. The van der Waals surface area contributed by atoms with Crippen molar-refractivity contribution < 1.29 is 9.72 Å². The lowest BCUT2D eigenvalue weighted by Crippen LogP contribution is -2.22. The number of nitrogens with zero attached hydrogens (tertiary/aromatic N) is 3. The van der Waals surface area contributed by atoms with E-state index >= 15 is 0 Å². The lowest BCUT2D eigenvalue weighted by atomic mass is 9.90. The summed E-state index contributed by atoms with van der Waals surface area (Å²) < 4.78 is 0. The van der Waals surface area contributed by atoms with Crippen LogP contribution >= 0.6 is 0 Å². The average molecular weight is 449 g/mol. The van der Waals surface area contributed by atoms with Gasteiger partial charge in [0.2, 0.25) is 5.91 Å². The monoisotopic (exact) mass is 449 g/mol. The number of aromatic nitrogens is 2. The van der Waals surface area contributed by atoms with Gasteiger partial charge in [0.15, 0.2) is 0 Å². The van der Waals surface area contributed by atoms with Crippen molar-refractivity contribution in [2.45, 2.75) is 5.92 Å². The summed E-state index contributed by atoms with van der Waals surface area (Å²) in [6.07, 6.45) is 7.23. The second-order valence-electron chi connectivity index (χ2n) is 7.75. The maximum atomic E-state index is 13.0. The van der Waals surface area contributed by atoms with E-state index in [2.05, 4.69) is 15.3 Å². The van der Waals surface area contributed by atoms with Crippen LogP contribution in [0.3, 0.4) is 0 Å². The van der Waals surface area contributed by atoms with E-state index in [1.54, 1.807) is 18.6 Å². The number of benzene rings is 3. The Kier molecular flexibility index (Phi) is 5.53. The normalized spacial score (nSPS) is 15.4. The van der Waals surface area contributed by atoms with E-state index in [0.29, 0.717) is 22.6 Å². The van der Waals surface area contributed by atoms with E-state index < -0.39 is 10.8 Å². The van der Waals surface area contributed by atoms with E-state index in [0.717, 1.165) is 16.8 Å². The molecule has 1 atom stereocenters. The molecular formula is C26H19N5O3. The Morgan fingerprint density at radius 2 is 1.82 bits per heavy atom. The number of rotatable bonds is 6. The smallest absolute Gasteiger partial charge is 0.269 e. The summed E-state index contributed by atoms with van der Waals surface area (Å²) in [6.45, 7) is 0. The molecule has 0 bridgehead atoms. The van der Waals surface area contributed by atoms with Crippen molar-refractivity contribution in [2.75, 3.05) is 5.32 Å². The van der Waals surface area contributed by atoms with Gasteiger partial charge in [0, 0.05) is 23.4 Å². The van der Waals surface area contributed by atoms with Crippen molar-refractivity contribution in [3.63, 3.8) is 0 Å². The van der Waals surface area contributed by atoms with Crippen molar-refractivity contribution in [2.24, 2.45) is 4.99 Å². The summed E-state index contributed by atoms with van der Waals surface area (Å²) in [4.78, 5) is 35.7. The molecule has 1 aliphatic rings. The second kappa shape index (κ2) is 8.95. The third kappa shape index (κ3) is 4.24. The Morgan fingerprint density at radius 1 is 1.03 bits per heavy atom. The molecule has 166 valence electrons. The van der Waals surface area contributed by atoms with Crippen LogP contribution in [0.1, 0.15) is 28.3 Å². The third-order valence-electron chi connectivity index (χ3n) is 5.54. The summed E-state index contributed by atoms with van der Waals surface area (Å²) in [6, 6.07) is 21.4. The molecule has 2 heterocycles. The number of nitrogens with one attached hydrogen (secondary N) is 2. The number of carbonyl (C=O) groups excluding carboxylic acids is 1.